The summed E-state index contributed by atoms with van der Waals surface area (Å²) >= 11 is 0. The van der Waals surface area contributed by atoms with Crippen LogP contribution >= 0.6 is 0 Å². The fourth-order valence-corrected chi connectivity index (χ4v) is 1.66. The molecule has 18 heavy (non-hydrogen) atoms. The van der Waals surface area contributed by atoms with E-state index in [2.05, 4.69) is 16.0 Å². The zero-order valence-corrected chi connectivity index (χ0v) is 9.82. The van der Waals surface area contributed by atoms with E-state index in [1.165, 1.54) is 0 Å². The van der Waals surface area contributed by atoms with Gasteiger partial charge in [0.15, 0.2) is 0 Å². The fraction of sp³-hybridized carbons (Fsp3) is 0.250. The second kappa shape index (κ2) is 4.87. The van der Waals surface area contributed by atoms with Gasteiger partial charge in [-0.05, 0) is 17.7 Å². The molecular weight excluding hydrogens is 234 g/mol. The topological polar surface area (TPSA) is 87.3 Å². The number of rotatable bonds is 3. The van der Waals surface area contributed by atoms with Crippen LogP contribution in [-0.4, -0.2) is 17.8 Å². The Morgan fingerprint density at radius 3 is 2.44 bits per heavy atom. The summed E-state index contributed by atoms with van der Waals surface area (Å²) in [7, 11) is 0. The van der Waals surface area contributed by atoms with Crippen molar-refractivity contribution in [1.82, 2.24) is 10.6 Å². The van der Waals surface area contributed by atoms with Crippen molar-refractivity contribution >= 4 is 23.5 Å². The molecule has 1 saturated heterocycles. The number of hydrogen-bond acceptors (Lipinski definition) is 3. The molecule has 0 saturated carbocycles. The summed E-state index contributed by atoms with van der Waals surface area (Å²) in [6.45, 7) is 1.77. The number of urea groups is 1. The van der Waals surface area contributed by atoms with Gasteiger partial charge in [0.05, 0.1) is 0 Å². The molecule has 1 aromatic carbocycles. The van der Waals surface area contributed by atoms with E-state index in [0.29, 0.717) is 17.7 Å². The normalized spacial score (nSPS) is 18.2. The van der Waals surface area contributed by atoms with Crippen molar-refractivity contribution in [2.75, 3.05) is 5.32 Å². The first-order chi connectivity index (χ1) is 8.60. The highest BCUT2D eigenvalue weighted by Gasteiger charge is 2.30. The molecule has 1 atom stereocenters. The Kier molecular flexibility index (Phi) is 3.27. The third-order valence-corrected chi connectivity index (χ3v) is 2.62. The standard InChI is InChI=1S/C12H13N3O3/c1-2-9(16)13-8-5-3-7(4-6-8)10-11(17)15-12(18)14-10/h3-6,10H,2H2,1H3,(H,13,16)(H2,14,15,17,18). The number of benzene rings is 1. The number of carbonyl (C=O) groups is 3. The molecule has 0 spiro atoms. The summed E-state index contributed by atoms with van der Waals surface area (Å²) in [5.41, 5.74) is 1.34. The van der Waals surface area contributed by atoms with E-state index in [-0.39, 0.29) is 11.8 Å². The smallest absolute Gasteiger partial charge is 0.322 e. The Bertz CT molecular complexity index is 496. The lowest BCUT2D eigenvalue weighted by atomic mass is 10.1. The van der Waals surface area contributed by atoms with Crippen LogP contribution in [0, 0.1) is 0 Å². The van der Waals surface area contributed by atoms with Crippen molar-refractivity contribution in [3.63, 3.8) is 0 Å². The molecule has 0 radical (unpaired) electrons. The molecular formula is C12H13N3O3. The predicted molar refractivity (Wildman–Crippen MR) is 64.8 cm³/mol. The van der Waals surface area contributed by atoms with E-state index >= 15 is 0 Å². The van der Waals surface area contributed by atoms with Gasteiger partial charge >= 0.3 is 6.03 Å². The van der Waals surface area contributed by atoms with E-state index in [4.69, 9.17) is 0 Å². The highest BCUT2D eigenvalue weighted by atomic mass is 16.2. The van der Waals surface area contributed by atoms with Crippen molar-refractivity contribution in [1.29, 1.82) is 0 Å². The van der Waals surface area contributed by atoms with E-state index in [0.717, 1.165) is 0 Å². The van der Waals surface area contributed by atoms with Gasteiger partial charge in [-0.2, -0.15) is 0 Å². The number of anilines is 1. The van der Waals surface area contributed by atoms with Crippen LogP contribution in [0.2, 0.25) is 0 Å². The van der Waals surface area contributed by atoms with E-state index in [9.17, 15) is 14.4 Å². The molecule has 1 unspecified atom stereocenters. The lowest BCUT2D eigenvalue weighted by molar-refractivity contribution is -0.120. The second-order valence-corrected chi connectivity index (χ2v) is 3.92. The van der Waals surface area contributed by atoms with Crippen LogP contribution in [0.1, 0.15) is 24.9 Å². The molecule has 2 rings (SSSR count). The van der Waals surface area contributed by atoms with Crippen molar-refractivity contribution in [2.24, 2.45) is 0 Å². The molecule has 1 fully saturated rings. The summed E-state index contributed by atoms with van der Waals surface area (Å²) in [6.07, 6.45) is 0.406. The fourth-order valence-electron chi connectivity index (χ4n) is 1.66. The maximum atomic E-state index is 11.4. The molecule has 0 aliphatic carbocycles. The highest BCUT2D eigenvalue weighted by Crippen LogP contribution is 2.19. The van der Waals surface area contributed by atoms with Gasteiger partial charge in [-0.3, -0.25) is 14.9 Å². The SMILES string of the molecule is CCC(=O)Nc1ccc(C2NC(=O)NC2=O)cc1. The number of amides is 4. The van der Waals surface area contributed by atoms with Gasteiger partial charge in [-0.25, -0.2) is 4.79 Å². The zero-order valence-electron chi connectivity index (χ0n) is 9.82. The summed E-state index contributed by atoms with van der Waals surface area (Å²) in [5.74, 6) is -0.444. The Balaban J connectivity index is 2.10. The van der Waals surface area contributed by atoms with Crippen molar-refractivity contribution < 1.29 is 14.4 Å². The van der Waals surface area contributed by atoms with Crippen LogP contribution in [0.4, 0.5) is 10.5 Å². The average Bonchev–Trinajstić information content (AvgIpc) is 2.69. The Morgan fingerprint density at radius 1 is 1.28 bits per heavy atom. The first-order valence-corrected chi connectivity index (χ1v) is 5.61. The molecule has 0 aromatic heterocycles. The van der Waals surface area contributed by atoms with Crippen LogP contribution in [-0.2, 0) is 9.59 Å². The maximum Gasteiger partial charge on any atom is 0.322 e. The monoisotopic (exact) mass is 247 g/mol. The Labute approximate surface area is 104 Å². The highest BCUT2D eigenvalue weighted by molar-refractivity contribution is 6.04. The minimum Gasteiger partial charge on any atom is -0.326 e. The van der Waals surface area contributed by atoms with Gasteiger partial charge in [-0.1, -0.05) is 19.1 Å². The van der Waals surface area contributed by atoms with Crippen LogP contribution in [0.15, 0.2) is 24.3 Å². The van der Waals surface area contributed by atoms with Gasteiger partial charge in [-0.15, -0.1) is 0 Å². The van der Waals surface area contributed by atoms with Crippen LogP contribution in [0.25, 0.3) is 0 Å². The van der Waals surface area contributed by atoms with Gasteiger partial charge in [0.25, 0.3) is 5.91 Å². The molecule has 94 valence electrons. The molecule has 4 amide bonds. The Morgan fingerprint density at radius 2 is 1.94 bits per heavy atom. The lowest BCUT2D eigenvalue weighted by Crippen LogP contribution is -2.22. The van der Waals surface area contributed by atoms with Gasteiger partial charge in [0.1, 0.15) is 6.04 Å². The maximum absolute atomic E-state index is 11.4. The lowest BCUT2D eigenvalue weighted by Gasteiger charge is -2.09. The van der Waals surface area contributed by atoms with Gasteiger partial charge < -0.3 is 10.6 Å². The number of carbonyl (C=O) groups excluding carboxylic acids is 3. The largest absolute Gasteiger partial charge is 0.326 e. The van der Waals surface area contributed by atoms with Crippen LogP contribution < -0.4 is 16.0 Å². The number of nitrogens with one attached hydrogen (secondary N) is 3. The molecule has 1 aliphatic heterocycles. The van der Waals surface area contributed by atoms with Crippen molar-refractivity contribution in [3.8, 4) is 0 Å². The first kappa shape index (κ1) is 12.1. The number of hydrogen-bond donors (Lipinski definition) is 3. The Hall–Kier alpha value is -2.37. The molecule has 6 nitrogen and oxygen atoms in total. The third-order valence-electron chi connectivity index (χ3n) is 2.62. The minimum atomic E-state index is -0.659. The predicted octanol–water partition coefficient (Wildman–Crippen LogP) is 0.916. The van der Waals surface area contributed by atoms with Crippen LogP contribution in [0.5, 0.6) is 0 Å². The first-order valence-electron chi connectivity index (χ1n) is 5.61. The molecule has 0 bridgehead atoms. The van der Waals surface area contributed by atoms with E-state index < -0.39 is 12.1 Å². The quantitative estimate of drug-likeness (QED) is 0.694. The van der Waals surface area contributed by atoms with Gasteiger partial charge in [0.2, 0.25) is 5.91 Å². The van der Waals surface area contributed by atoms with E-state index in [1.807, 2.05) is 0 Å². The molecule has 1 aliphatic rings. The average molecular weight is 247 g/mol. The summed E-state index contributed by atoms with van der Waals surface area (Å²) in [6, 6.07) is 5.63. The van der Waals surface area contributed by atoms with Gasteiger partial charge in [0, 0.05) is 12.1 Å². The zero-order chi connectivity index (χ0) is 13.1. The molecule has 6 heteroatoms. The molecule has 1 aromatic rings. The molecule has 1 heterocycles. The summed E-state index contributed by atoms with van der Waals surface area (Å²) < 4.78 is 0. The number of imide groups is 1. The summed E-state index contributed by atoms with van der Waals surface area (Å²) in [4.78, 5) is 33.6. The van der Waals surface area contributed by atoms with Crippen molar-refractivity contribution in [2.45, 2.75) is 19.4 Å². The second-order valence-electron chi connectivity index (χ2n) is 3.92. The van der Waals surface area contributed by atoms with Crippen molar-refractivity contribution in [3.05, 3.63) is 29.8 Å². The third kappa shape index (κ3) is 2.48. The molecule has 3 N–H and O–H groups in total. The van der Waals surface area contributed by atoms with E-state index in [1.54, 1.807) is 31.2 Å². The summed E-state index contributed by atoms with van der Waals surface area (Å²) in [5, 5.41) is 7.37. The minimum absolute atomic E-state index is 0.0744. The van der Waals surface area contributed by atoms with Crippen LogP contribution in [0.3, 0.4) is 0 Å².